The minimum atomic E-state index is -0.0487. The SMILES string of the molecule is C=CCC(C)NC(=O)c1cccc2cc[nH]c12. The lowest BCUT2D eigenvalue weighted by Crippen LogP contribution is -2.32. The molecule has 1 aromatic heterocycles. The van der Waals surface area contributed by atoms with Gasteiger partial charge in [0.1, 0.15) is 0 Å². The van der Waals surface area contributed by atoms with Gasteiger partial charge in [0.15, 0.2) is 0 Å². The van der Waals surface area contributed by atoms with Crippen molar-refractivity contribution in [2.75, 3.05) is 0 Å². The van der Waals surface area contributed by atoms with Gasteiger partial charge in [0, 0.05) is 17.6 Å². The summed E-state index contributed by atoms with van der Waals surface area (Å²) in [6.07, 6.45) is 4.42. The average Bonchev–Trinajstić information content (AvgIpc) is 2.76. The van der Waals surface area contributed by atoms with Gasteiger partial charge in [-0.1, -0.05) is 18.2 Å². The van der Waals surface area contributed by atoms with Crippen LogP contribution in [-0.4, -0.2) is 16.9 Å². The molecule has 1 aromatic carbocycles. The third-order valence-electron chi connectivity index (χ3n) is 2.73. The number of rotatable bonds is 4. The second-order valence-electron chi connectivity index (χ2n) is 4.15. The van der Waals surface area contributed by atoms with Crippen molar-refractivity contribution in [3.8, 4) is 0 Å². The van der Waals surface area contributed by atoms with Crippen LogP contribution in [0, 0.1) is 0 Å². The zero-order chi connectivity index (χ0) is 12.3. The summed E-state index contributed by atoms with van der Waals surface area (Å²) in [5.74, 6) is -0.0487. The lowest BCUT2D eigenvalue weighted by Gasteiger charge is -2.12. The average molecular weight is 228 g/mol. The minimum Gasteiger partial charge on any atom is -0.361 e. The molecule has 88 valence electrons. The molecule has 1 unspecified atom stereocenters. The maximum absolute atomic E-state index is 12.1. The molecule has 0 fully saturated rings. The zero-order valence-electron chi connectivity index (χ0n) is 9.86. The fraction of sp³-hybridized carbons (Fsp3) is 0.214. The van der Waals surface area contributed by atoms with Crippen molar-refractivity contribution >= 4 is 16.8 Å². The van der Waals surface area contributed by atoms with Crippen LogP contribution < -0.4 is 5.32 Å². The standard InChI is InChI=1S/C14H16N2O/c1-3-5-10(2)16-14(17)12-7-4-6-11-8-9-15-13(11)12/h3-4,6-10,15H,1,5H2,2H3,(H,16,17). The van der Waals surface area contributed by atoms with Crippen LogP contribution in [0.3, 0.4) is 0 Å². The van der Waals surface area contributed by atoms with E-state index in [1.54, 1.807) is 6.08 Å². The molecule has 0 saturated carbocycles. The first-order valence-electron chi connectivity index (χ1n) is 5.70. The quantitative estimate of drug-likeness (QED) is 0.776. The Balaban J connectivity index is 2.24. The van der Waals surface area contributed by atoms with E-state index in [-0.39, 0.29) is 11.9 Å². The van der Waals surface area contributed by atoms with Gasteiger partial charge in [-0.3, -0.25) is 4.79 Å². The second-order valence-corrected chi connectivity index (χ2v) is 4.15. The van der Waals surface area contributed by atoms with Gasteiger partial charge in [-0.05, 0) is 25.5 Å². The molecular formula is C14H16N2O. The van der Waals surface area contributed by atoms with Crippen molar-refractivity contribution in [2.24, 2.45) is 0 Å². The summed E-state index contributed by atoms with van der Waals surface area (Å²) in [4.78, 5) is 15.2. The van der Waals surface area contributed by atoms with E-state index in [4.69, 9.17) is 0 Å². The first kappa shape index (κ1) is 11.5. The Morgan fingerprint density at radius 3 is 3.12 bits per heavy atom. The maximum atomic E-state index is 12.1. The molecule has 2 aromatic rings. The summed E-state index contributed by atoms with van der Waals surface area (Å²) >= 11 is 0. The number of hydrogen-bond donors (Lipinski definition) is 2. The molecule has 0 radical (unpaired) electrons. The lowest BCUT2D eigenvalue weighted by molar-refractivity contribution is 0.0942. The van der Waals surface area contributed by atoms with Crippen LogP contribution in [0.5, 0.6) is 0 Å². The Hall–Kier alpha value is -2.03. The zero-order valence-corrected chi connectivity index (χ0v) is 9.86. The Morgan fingerprint density at radius 2 is 2.35 bits per heavy atom. The fourth-order valence-corrected chi connectivity index (χ4v) is 1.88. The number of nitrogens with one attached hydrogen (secondary N) is 2. The molecule has 3 nitrogen and oxygen atoms in total. The normalized spacial score (nSPS) is 12.3. The number of aromatic amines is 1. The third kappa shape index (κ3) is 2.38. The first-order valence-corrected chi connectivity index (χ1v) is 5.70. The van der Waals surface area contributed by atoms with Crippen molar-refractivity contribution in [3.05, 3.63) is 48.7 Å². The van der Waals surface area contributed by atoms with Crippen molar-refractivity contribution in [3.63, 3.8) is 0 Å². The van der Waals surface area contributed by atoms with Gasteiger partial charge < -0.3 is 10.3 Å². The summed E-state index contributed by atoms with van der Waals surface area (Å²) < 4.78 is 0. The topological polar surface area (TPSA) is 44.9 Å². The van der Waals surface area contributed by atoms with Gasteiger partial charge in [-0.15, -0.1) is 6.58 Å². The van der Waals surface area contributed by atoms with Gasteiger partial charge in [0.05, 0.1) is 11.1 Å². The number of aromatic nitrogens is 1. The molecule has 1 amide bonds. The van der Waals surface area contributed by atoms with E-state index in [9.17, 15) is 4.79 Å². The number of carbonyl (C=O) groups excluding carboxylic acids is 1. The van der Waals surface area contributed by atoms with E-state index in [1.807, 2.05) is 37.4 Å². The molecule has 0 aliphatic heterocycles. The number of hydrogen-bond acceptors (Lipinski definition) is 1. The highest BCUT2D eigenvalue weighted by Crippen LogP contribution is 2.16. The van der Waals surface area contributed by atoms with Gasteiger partial charge >= 0.3 is 0 Å². The molecule has 1 heterocycles. The van der Waals surface area contributed by atoms with Gasteiger partial charge in [-0.25, -0.2) is 0 Å². The van der Waals surface area contributed by atoms with Crippen LogP contribution in [0.15, 0.2) is 43.1 Å². The Morgan fingerprint density at radius 1 is 1.53 bits per heavy atom. The molecule has 1 atom stereocenters. The summed E-state index contributed by atoms with van der Waals surface area (Å²) in [6, 6.07) is 7.76. The van der Waals surface area contributed by atoms with Crippen LogP contribution >= 0.6 is 0 Å². The smallest absolute Gasteiger partial charge is 0.253 e. The van der Waals surface area contributed by atoms with Crippen LogP contribution in [0.2, 0.25) is 0 Å². The van der Waals surface area contributed by atoms with Gasteiger partial charge in [-0.2, -0.15) is 0 Å². The van der Waals surface area contributed by atoms with Crippen LogP contribution in [0.4, 0.5) is 0 Å². The first-order chi connectivity index (χ1) is 8.22. The van der Waals surface area contributed by atoms with E-state index in [2.05, 4.69) is 16.9 Å². The number of para-hydroxylation sites is 1. The predicted molar refractivity (Wildman–Crippen MR) is 70.0 cm³/mol. The summed E-state index contributed by atoms with van der Waals surface area (Å²) in [7, 11) is 0. The van der Waals surface area contributed by atoms with Crippen LogP contribution in [-0.2, 0) is 0 Å². The number of fused-ring (bicyclic) bond motifs is 1. The van der Waals surface area contributed by atoms with Crippen LogP contribution in [0.1, 0.15) is 23.7 Å². The summed E-state index contributed by atoms with van der Waals surface area (Å²) in [5.41, 5.74) is 1.57. The molecule has 0 aliphatic carbocycles. The maximum Gasteiger partial charge on any atom is 0.253 e. The van der Waals surface area contributed by atoms with Crippen molar-refractivity contribution < 1.29 is 4.79 Å². The van der Waals surface area contributed by atoms with Crippen molar-refractivity contribution in [1.29, 1.82) is 0 Å². The predicted octanol–water partition coefficient (Wildman–Crippen LogP) is 2.86. The third-order valence-corrected chi connectivity index (χ3v) is 2.73. The highest BCUT2D eigenvalue weighted by molar-refractivity contribution is 6.05. The van der Waals surface area contributed by atoms with E-state index < -0.39 is 0 Å². The van der Waals surface area contributed by atoms with Gasteiger partial charge in [0.2, 0.25) is 0 Å². The molecule has 0 saturated heterocycles. The summed E-state index contributed by atoms with van der Waals surface area (Å²) in [6.45, 7) is 5.63. The molecule has 2 rings (SSSR count). The number of benzene rings is 1. The van der Waals surface area contributed by atoms with Crippen molar-refractivity contribution in [2.45, 2.75) is 19.4 Å². The Labute approximate surface area is 101 Å². The molecule has 0 aliphatic rings. The van der Waals surface area contributed by atoms with E-state index in [1.165, 1.54) is 0 Å². The number of amides is 1. The Bertz CT molecular complexity index is 542. The highest BCUT2D eigenvalue weighted by Gasteiger charge is 2.12. The molecule has 17 heavy (non-hydrogen) atoms. The van der Waals surface area contributed by atoms with Gasteiger partial charge in [0.25, 0.3) is 5.91 Å². The monoisotopic (exact) mass is 228 g/mol. The summed E-state index contributed by atoms with van der Waals surface area (Å²) in [5, 5.41) is 4.00. The van der Waals surface area contributed by atoms with Crippen molar-refractivity contribution in [1.82, 2.24) is 10.3 Å². The fourth-order valence-electron chi connectivity index (χ4n) is 1.88. The lowest BCUT2D eigenvalue weighted by atomic mass is 10.1. The molecule has 3 heteroatoms. The molecule has 2 N–H and O–H groups in total. The van der Waals surface area contributed by atoms with E-state index >= 15 is 0 Å². The molecule has 0 bridgehead atoms. The second kappa shape index (κ2) is 4.87. The molecular weight excluding hydrogens is 212 g/mol. The largest absolute Gasteiger partial charge is 0.361 e. The van der Waals surface area contributed by atoms with E-state index in [0.717, 1.165) is 17.3 Å². The molecule has 0 spiro atoms. The number of H-pyrrole nitrogens is 1. The number of carbonyl (C=O) groups is 1. The minimum absolute atomic E-state index is 0.0487. The van der Waals surface area contributed by atoms with Crippen LogP contribution in [0.25, 0.3) is 10.9 Å². The van der Waals surface area contributed by atoms with E-state index in [0.29, 0.717) is 5.56 Å². The Kier molecular flexibility index (Phi) is 3.28. The highest BCUT2D eigenvalue weighted by atomic mass is 16.1.